The molecule has 168 valence electrons. The number of rotatable bonds is 6. The van der Waals surface area contributed by atoms with Crippen LogP contribution in [0.2, 0.25) is 0 Å². The van der Waals surface area contributed by atoms with Crippen molar-refractivity contribution in [2.24, 2.45) is 0 Å². The summed E-state index contributed by atoms with van der Waals surface area (Å²) in [6, 6.07) is 7.03. The number of fused-ring (bicyclic) bond motifs is 1. The lowest BCUT2D eigenvalue weighted by Crippen LogP contribution is -2.36. The summed E-state index contributed by atoms with van der Waals surface area (Å²) in [7, 11) is 3.03. The van der Waals surface area contributed by atoms with Gasteiger partial charge in [0.15, 0.2) is 5.13 Å². The third-order valence-electron chi connectivity index (χ3n) is 5.08. The van der Waals surface area contributed by atoms with E-state index in [1.54, 1.807) is 19.2 Å². The molecule has 0 atom stereocenters. The summed E-state index contributed by atoms with van der Waals surface area (Å²) in [5.41, 5.74) is 2.57. The maximum Gasteiger partial charge on any atom is 0.407 e. The van der Waals surface area contributed by atoms with Gasteiger partial charge in [0.2, 0.25) is 0 Å². The highest BCUT2D eigenvalue weighted by molar-refractivity contribution is 7.23. The van der Waals surface area contributed by atoms with E-state index in [1.165, 1.54) is 24.6 Å². The number of hydrogen-bond donors (Lipinski definition) is 2. The number of amides is 2. The molecule has 10 nitrogen and oxygen atoms in total. The number of aromatic nitrogens is 2. The molecule has 11 heteroatoms. The number of thiazole rings is 1. The molecule has 0 aliphatic carbocycles. The van der Waals surface area contributed by atoms with Crippen LogP contribution in [0.1, 0.15) is 16.1 Å². The largest absolute Gasteiger partial charge is 0.494 e. The summed E-state index contributed by atoms with van der Waals surface area (Å²) in [6.45, 7) is 2.98. The van der Waals surface area contributed by atoms with Crippen LogP contribution >= 0.6 is 11.3 Å². The van der Waals surface area contributed by atoms with Gasteiger partial charge in [-0.05, 0) is 24.3 Å². The number of carbonyl (C=O) groups excluding carboxylic acids is 1. The van der Waals surface area contributed by atoms with Crippen molar-refractivity contribution < 1.29 is 24.2 Å². The van der Waals surface area contributed by atoms with Crippen LogP contribution in [0.15, 0.2) is 30.5 Å². The van der Waals surface area contributed by atoms with Gasteiger partial charge in [-0.3, -0.25) is 15.1 Å². The Morgan fingerprint density at radius 1 is 1.31 bits per heavy atom. The smallest absolute Gasteiger partial charge is 0.407 e. The number of nitrogens with zero attached hydrogens (tertiary/aromatic N) is 4. The number of carboxylic acid groups (broad SMARTS) is 1. The van der Waals surface area contributed by atoms with Gasteiger partial charge in [-0.15, -0.1) is 0 Å². The second-order valence-corrected chi connectivity index (χ2v) is 8.21. The van der Waals surface area contributed by atoms with Gasteiger partial charge in [0.1, 0.15) is 11.3 Å². The Kier molecular flexibility index (Phi) is 6.37. The van der Waals surface area contributed by atoms with Gasteiger partial charge in [-0.1, -0.05) is 11.3 Å². The summed E-state index contributed by atoms with van der Waals surface area (Å²) in [4.78, 5) is 36.0. The predicted octanol–water partition coefficient (Wildman–Crippen LogP) is 2.90. The van der Waals surface area contributed by atoms with E-state index in [2.05, 4.69) is 20.2 Å². The average molecular weight is 458 g/mol. The second kappa shape index (κ2) is 9.37. The molecular weight excluding hydrogens is 434 g/mol. The van der Waals surface area contributed by atoms with Crippen LogP contribution < -0.4 is 15.0 Å². The first kappa shape index (κ1) is 21.8. The van der Waals surface area contributed by atoms with Gasteiger partial charge < -0.3 is 24.4 Å². The van der Waals surface area contributed by atoms with E-state index in [0.717, 1.165) is 28.4 Å². The summed E-state index contributed by atoms with van der Waals surface area (Å²) < 4.78 is 11.9. The Balaban J connectivity index is 1.59. The fraction of sp³-hybridized carbons (Fsp3) is 0.333. The third-order valence-corrected chi connectivity index (χ3v) is 6.08. The molecule has 1 saturated heterocycles. The molecule has 1 aromatic carbocycles. The number of methoxy groups -OCH3 is 1. The fourth-order valence-electron chi connectivity index (χ4n) is 3.43. The van der Waals surface area contributed by atoms with Gasteiger partial charge >= 0.3 is 6.09 Å². The van der Waals surface area contributed by atoms with E-state index in [1.807, 2.05) is 12.1 Å². The summed E-state index contributed by atoms with van der Waals surface area (Å²) in [5.74, 6) is 0.286. The quantitative estimate of drug-likeness (QED) is 0.580. The Hall–Kier alpha value is -3.44. The number of anilines is 2. The number of pyridine rings is 1. The van der Waals surface area contributed by atoms with Crippen LogP contribution in [0.25, 0.3) is 10.2 Å². The van der Waals surface area contributed by atoms with E-state index in [-0.39, 0.29) is 12.5 Å². The molecule has 32 heavy (non-hydrogen) atoms. The molecule has 0 bridgehead atoms. The Labute approximate surface area is 188 Å². The minimum Gasteiger partial charge on any atom is -0.494 e. The number of ether oxygens (including phenoxy) is 2. The molecular formula is C21H23N5O5S. The molecule has 1 aliphatic heterocycles. The molecule has 2 N–H and O–H groups in total. The molecule has 1 aliphatic rings. The SMILES string of the molecule is COc1ccc(N2CCOCC2)c2sc(NC(=O)c3ccnc(CN(C)C(=O)O)c3)nc12. The molecule has 3 heterocycles. The number of benzene rings is 1. The van der Waals surface area contributed by atoms with E-state index in [0.29, 0.717) is 40.9 Å². The topological polar surface area (TPSA) is 117 Å². The molecule has 4 rings (SSSR count). The maximum atomic E-state index is 12.8. The molecule has 0 unspecified atom stereocenters. The van der Waals surface area contributed by atoms with Gasteiger partial charge in [0, 0.05) is 31.9 Å². The van der Waals surface area contributed by atoms with Crippen molar-refractivity contribution in [2.75, 3.05) is 50.7 Å². The Morgan fingerprint density at radius 2 is 2.09 bits per heavy atom. The highest BCUT2D eigenvalue weighted by Crippen LogP contribution is 2.39. The lowest BCUT2D eigenvalue weighted by atomic mass is 10.2. The first-order chi connectivity index (χ1) is 15.5. The summed E-state index contributed by atoms with van der Waals surface area (Å²) in [5, 5.41) is 12.3. The van der Waals surface area contributed by atoms with Gasteiger partial charge in [0.05, 0.1) is 42.9 Å². The summed E-state index contributed by atoms with van der Waals surface area (Å²) >= 11 is 1.38. The van der Waals surface area contributed by atoms with E-state index in [9.17, 15) is 9.59 Å². The number of carbonyl (C=O) groups is 2. The minimum absolute atomic E-state index is 0.0811. The second-order valence-electron chi connectivity index (χ2n) is 7.21. The highest BCUT2D eigenvalue weighted by Gasteiger charge is 2.20. The lowest BCUT2D eigenvalue weighted by molar-refractivity contribution is 0.102. The van der Waals surface area contributed by atoms with Crippen LogP contribution in [-0.4, -0.2) is 72.4 Å². The zero-order chi connectivity index (χ0) is 22.7. The molecule has 3 aromatic rings. The highest BCUT2D eigenvalue weighted by atomic mass is 32.1. The van der Waals surface area contributed by atoms with Crippen molar-refractivity contribution in [1.82, 2.24) is 14.9 Å². The van der Waals surface area contributed by atoms with Crippen molar-refractivity contribution in [3.8, 4) is 5.75 Å². The maximum absolute atomic E-state index is 12.8. The lowest BCUT2D eigenvalue weighted by Gasteiger charge is -2.29. The van der Waals surface area contributed by atoms with Crippen LogP contribution in [-0.2, 0) is 11.3 Å². The molecule has 0 radical (unpaired) electrons. The van der Waals surface area contributed by atoms with Crippen molar-refractivity contribution >= 4 is 44.4 Å². The zero-order valence-corrected chi connectivity index (χ0v) is 18.5. The number of nitrogens with one attached hydrogen (secondary N) is 1. The van der Waals surface area contributed by atoms with Crippen molar-refractivity contribution in [3.63, 3.8) is 0 Å². The molecule has 1 fully saturated rings. The van der Waals surface area contributed by atoms with Crippen molar-refractivity contribution in [2.45, 2.75) is 6.54 Å². The van der Waals surface area contributed by atoms with Gasteiger partial charge in [-0.25, -0.2) is 9.78 Å². The molecule has 2 amide bonds. The Morgan fingerprint density at radius 3 is 2.81 bits per heavy atom. The van der Waals surface area contributed by atoms with Crippen LogP contribution in [0, 0.1) is 0 Å². The van der Waals surface area contributed by atoms with E-state index < -0.39 is 6.09 Å². The third kappa shape index (κ3) is 4.58. The summed E-state index contributed by atoms with van der Waals surface area (Å²) in [6.07, 6.45) is 0.416. The van der Waals surface area contributed by atoms with Gasteiger partial charge in [-0.2, -0.15) is 0 Å². The van der Waals surface area contributed by atoms with Crippen LogP contribution in [0.4, 0.5) is 15.6 Å². The fourth-order valence-corrected chi connectivity index (χ4v) is 4.45. The van der Waals surface area contributed by atoms with Gasteiger partial charge in [0.25, 0.3) is 5.91 Å². The van der Waals surface area contributed by atoms with Crippen LogP contribution in [0.5, 0.6) is 5.75 Å². The van der Waals surface area contributed by atoms with Crippen molar-refractivity contribution in [3.05, 3.63) is 41.7 Å². The number of hydrogen-bond acceptors (Lipinski definition) is 8. The van der Waals surface area contributed by atoms with Crippen LogP contribution in [0.3, 0.4) is 0 Å². The Bertz CT molecular complexity index is 1140. The van der Waals surface area contributed by atoms with Crippen molar-refractivity contribution in [1.29, 1.82) is 0 Å². The molecule has 0 saturated carbocycles. The first-order valence-corrected chi connectivity index (χ1v) is 10.8. The minimum atomic E-state index is -1.07. The molecule has 0 spiro atoms. The monoisotopic (exact) mass is 457 g/mol. The zero-order valence-electron chi connectivity index (χ0n) is 17.7. The number of morpholine rings is 1. The molecule has 2 aromatic heterocycles. The predicted molar refractivity (Wildman–Crippen MR) is 121 cm³/mol. The van der Waals surface area contributed by atoms with E-state index in [4.69, 9.17) is 14.6 Å². The average Bonchev–Trinajstić information content (AvgIpc) is 3.22. The van der Waals surface area contributed by atoms with E-state index >= 15 is 0 Å². The first-order valence-electron chi connectivity index (χ1n) is 9.97. The standard InChI is InChI=1S/C21H23N5O5S/c1-25(21(28)29)12-14-11-13(5-6-22-14)19(27)24-20-23-17-16(30-2)4-3-15(18(17)32-20)26-7-9-31-10-8-26/h3-6,11H,7-10,12H2,1-2H3,(H,28,29)(H,23,24,27). The normalized spacial score (nSPS) is 13.8.